The zero-order valence-corrected chi connectivity index (χ0v) is 9.66. The van der Waals surface area contributed by atoms with Crippen LogP contribution < -0.4 is 0 Å². The van der Waals surface area contributed by atoms with Crippen LogP contribution in [0.1, 0.15) is 20.9 Å². The summed E-state index contributed by atoms with van der Waals surface area (Å²) in [5.41, 5.74) is 3.04. The molecule has 16 heavy (non-hydrogen) atoms. The number of aryl methyl sites for hydroxylation is 1. The first-order chi connectivity index (χ1) is 7.77. The fourth-order valence-electron chi connectivity index (χ4n) is 1.29. The summed E-state index contributed by atoms with van der Waals surface area (Å²) >= 11 is 1.44. The second-order valence-electron chi connectivity index (χ2n) is 3.32. The van der Waals surface area contributed by atoms with Crippen molar-refractivity contribution in [1.82, 2.24) is 4.98 Å². The van der Waals surface area contributed by atoms with Crippen LogP contribution in [0.3, 0.4) is 0 Å². The number of aromatic nitrogens is 1. The van der Waals surface area contributed by atoms with Gasteiger partial charge in [0.15, 0.2) is 5.69 Å². The van der Waals surface area contributed by atoms with Gasteiger partial charge < -0.3 is 4.74 Å². The monoisotopic (exact) mass is 233 g/mol. The fraction of sp³-hybridized carbons (Fsp3) is 0.167. The Morgan fingerprint density at radius 1 is 1.38 bits per heavy atom. The molecule has 0 bridgehead atoms. The van der Waals surface area contributed by atoms with Crippen molar-refractivity contribution < 1.29 is 9.53 Å². The van der Waals surface area contributed by atoms with Gasteiger partial charge in [-0.25, -0.2) is 9.78 Å². The molecule has 0 aliphatic carbocycles. The summed E-state index contributed by atoms with van der Waals surface area (Å²) in [6, 6.07) is 9.59. The van der Waals surface area contributed by atoms with Crippen molar-refractivity contribution in [2.24, 2.45) is 0 Å². The molecule has 0 N–H and O–H groups in total. The van der Waals surface area contributed by atoms with Crippen LogP contribution in [0.2, 0.25) is 0 Å². The maximum Gasteiger partial charge on any atom is 0.358 e. The highest BCUT2D eigenvalue weighted by Gasteiger charge is 2.13. The minimum Gasteiger partial charge on any atom is -0.456 e. The smallest absolute Gasteiger partial charge is 0.358 e. The first-order valence-corrected chi connectivity index (χ1v) is 5.76. The Morgan fingerprint density at radius 2 is 2.12 bits per heavy atom. The minimum absolute atomic E-state index is 0.288. The molecular weight excluding hydrogens is 222 g/mol. The number of nitrogens with zero attached hydrogens (tertiary/aromatic N) is 1. The normalized spacial score (nSPS) is 10.1. The zero-order chi connectivity index (χ0) is 11.4. The second-order valence-corrected chi connectivity index (χ2v) is 4.38. The Morgan fingerprint density at radius 3 is 2.75 bits per heavy atom. The van der Waals surface area contributed by atoms with Gasteiger partial charge in [0.2, 0.25) is 0 Å². The van der Waals surface area contributed by atoms with E-state index in [9.17, 15) is 4.79 Å². The van der Waals surface area contributed by atoms with Crippen LogP contribution in [0.15, 0.2) is 35.8 Å². The Bertz CT molecular complexity index is 479. The molecule has 0 aliphatic heterocycles. The third-order valence-electron chi connectivity index (χ3n) is 2.15. The molecule has 4 heteroatoms. The van der Waals surface area contributed by atoms with Gasteiger partial charge in [-0.1, -0.05) is 30.3 Å². The SMILES string of the molecule is Cc1scnc1C(=O)OCc1ccccc1. The second kappa shape index (κ2) is 4.90. The lowest BCUT2D eigenvalue weighted by Crippen LogP contribution is -2.06. The molecule has 0 saturated carbocycles. The van der Waals surface area contributed by atoms with Gasteiger partial charge in [-0.05, 0) is 12.5 Å². The summed E-state index contributed by atoms with van der Waals surface area (Å²) in [5.74, 6) is -0.359. The lowest BCUT2D eigenvalue weighted by Gasteiger charge is -2.03. The van der Waals surface area contributed by atoms with Gasteiger partial charge in [0.1, 0.15) is 6.61 Å². The lowest BCUT2D eigenvalue weighted by molar-refractivity contribution is 0.0466. The maximum atomic E-state index is 11.6. The number of rotatable bonds is 3. The summed E-state index contributed by atoms with van der Waals surface area (Å²) in [4.78, 5) is 16.5. The Kier molecular flexibility index (Phi) is 3.31. The van der Waals surface area contributed by atoms with Crippen LogP contribution in [0.25, 0.3) is 0 Å². The Hall–Kier alpha value is -1.68. The van der Waals surface area contributed by atoms with Crippen molar-refractivity contribution in [1.29, 1.82) is 0 Å². The molecule has 1 aromatic carbocycles. The molecule has 3 nitrogen and oxygen atoms in total. The van der Waals surface area contributed by atoms with Gasteiger partial charge in [0.25, 0.3) is 0 Å². The van der Waals surface area contributed by atoms with E-state index in [-0.39, 0.29) is 12.6 Å². The van der Waals surface area contributed by atoms with Crippen molar-refractivity contribution in [2.75, 3.05) is 0 Å². The fourth-order valence-corrected chi connectivity index (χ4v) is 1.86. The van der Waals surface area contributed by atoms with Gasteiger partial charge in [0, 0.05) is 4.88 Å². The molecule has 2 aromatic rings. The number of hydrogen-bond donors (Lipinski definition) is 0. The van der Waals surface area contributed by atoms with Crippen LogP contribution in [0.4, 0.5) is 0 Å². The van der Waals surface area contributed by atoms with E-state index >= 15 is 0 Å². The molecule has 0 atom stereocenters. The van der Waals surface area contributed by atoms with Crippen molar-refractivity contribution in [2.45, 2.75) is 13.5 Å². The molecule has 0 amide bonds. The summed E-state index contributed by atoms with van der Waals surface area (Å²) in [6.07, 6.45) is 0. The van der Waals surface area contributed by atoms with Crippen LogP contribution in [0.5, 0.6) is 0 Å². The third kappa shape index (κ3) is 2.46. The molecule has 2 rings (SSSR count). The number of carbonyl (C=O) groups excluding carboxylic acids is 1. The molecule has 0 saturated heterocycles. The van der Waals surface area contributed by atoms with Crippen molar-refractivity contribution in [3.8, 4) is 0 Å². The van der Waals surface area contributed by atoms with Gasteiger partial charge in [-0.3, -0.25) is 0 Å². The molecule has 0 fully saturated rings. The van der Waals surface area contributed by atoms with E-state index in [0.29, 0.717) is 5.69 Å². The first kappa shape index (κ1) is 10.8. The molecular formula is C12H11NO2S. The molecule has 0 radical (unpaired) electrons. The van der Waals surface area contributed by atoms with E-state index in [1.54, 1.807) is 5.51 Å². The van der Waals surface area contributed by atoms with Crippen LogP contribution in [-0.4, -0.2) is 11.0 Å². The Labute approximate surface area is 97.7 Å². The predicted octanol–water partition coefficient (Wildman–Crippen LogP) is 2.81. The standard InChI is InChI=1S/C12H11NO2S/c1-9-11(13-8-16-9)12(14)15-7-10-5-3-2-4-6-10/h2-6,8H,7H2,1H3. The highest BCUT2D eigenvalue weighted by molar-refractivity contribution is 7.09. The van der Waals surface area contributed by atoms with Gasteiger partial charge in [0.05, 0.1) is 5.51 Å². The van der Waals surface area contributed by atoms with Crippen LogP contribution in [0, 0.1) is 6.92 Å². The number of hydrogen-bond acceptors (Lipinski definition) is 4. The minimum atomic E-state index is -0.359. The number of benzene rings is 1. The van der Waals surface area contributed by atoms with E-state index in [1.165, 1.54) is 11.3 Å². The highest BCUT2D eigenvalue weighted by Crippen LogP contribution is 2.13. The molecule has 82 valence electrons. The average Bonchev–Trinajstić information content (AvgIpc) is 2.74. The number of ether oxygens (including phenoxy) is 1. The molecule has 1 heterocycles. The third-order valence-corrected chi connectivity index (χ3v) is 2.91. The van der Waals surface area contributed by atoms with E-state index < -0.39 is 0 Å². The summed E-state index contributed by atoms with van der Waals surface area (Å²) in [5, 5.41) is 0. The van der Waals surface area contributed by atoms with E-state index in [4.69, 9.17) is 4.74 Å². The van der Waals surface area contributed by atoms with E-state index in [0.717, 1.165) is 10.4 Å². The molecule has 0 aliphatic rings. The molecule has 1 aromatic heterocycles. The molecule has 0 unspecified atom stereocenters. The molecule has 0 spiro atoms. The highest BCUT2D eigenvalue weighted by atomic mass is 32.1. The first-order valence-electron chi connectivity index (χ1n) is 4.88. The quantitative estimate of drug-likeness (QED) is 0.765. The summed E-state index contributed by atoms with van der Waals surface area (Å²) < 4.78 is 5.16. The number of esters is 1. The van der Waals surface area contributed by atoms with Crippen molar-refractivity contribution in [3.05, 3.63) is 52.0 Å². The summed E-state index contributed by atoms with van der Waals surface area (Å²) in [6.45, 7) is 2.15. The van der Waals surface area contributed by atoms with Gasteiger partial charge in [-0.15, -0.1) is 11.3 Å². The van der Waals surface area contributed by atoms with Crippen molar-refractivity contribution >= 4 is 17.3 Å². The van der Waals surface area contributed by atoms with E-state index in [1.807, 2.05) is 37.3 Å². The predicted molar refractivity (Wildman–Crippen MR) is 62.4 cm³/mol. The van der Waals surface area contributed by atoms with Crippen LogP contribution in [-0.2, 0) is 11.3 Å². The van der Waals surface area contributed by atoms with Gasteiger partial charge >= 0.3 is 5.97 Å². The Balaban J connectivity index is 1.97. The van der Waals surface area contributed by atoms with Gasteiger partial charge in [-0.2, -0.15) is 0 Å². The zero-order valence-electron chi connectivity index (χ0n) is 8.84. The van der Waals surface area contributed by atoms with Crippen molar-refractivity contribution in [3.63, 3.8) is 0 Å². The maximum absolute atomic E-state index is 11.6. The lowest BCUT2D eigenvalue weighted by atomic mass is 10.2. The summed E-state index contributed by atoms with van der Waals surface area (Å²) in [7, 11) is 0. The largest absolute Gasteiger partial charge is 0.456 e. The topological polar surface area (TPSA) is 39.2 Å². The number of thiazole rings is 1. The van der Waals surface area contributed by atoms with E-state index in [2.05, 4.69) is 4.98 Å². The number of carbonyl (C=O) groups is 1. The van der Waals surface area contributed by atoms with Crippen LogP contribution >= 0.6 is 11.3 Å². The average molecular weight is 233 g/mol.